The molecule has 0 fully saturated rings. The van der Waals surface area contributed by atoms with E-state index in [1.807, 2.05) is 6.07 Å². The Morgan fingerprint density at radius 2 is 1.96 bits per heavy atom. The van der Waals surface area contributed by atoms with Crippen molar-refractivity contribution in [2.45, 2.75) is 6.42 Å². The van der Waals surface area contributed by atoms with Crippen molar-refractivity contribution in [3.63, 3.8) is 0 Å². The third-order valence-corrected chi connectivity index (χ3v) is 3.77. The van der Waals surface area contributed by atoms with E-state index in [4.69, 9.17) is 16.7 Å². The van der Waals surface area contributed by atoms with Gasteiger partial charge in [-0.1, -0.05) is 29.8 Å². The van der Waals surface area contributed by atoms with E-state index >= 15 is 0 Å². The van der Waals surface area contributed by atoms with Crippen molar-refractivity contribution < 1.29 is 14.7 Å². The summed E-state index contributed by atoms with van der Waals surface area (Å²) in [5, 5.41) is 13.8. The summed E-state index contributed by atoms with van der Waals surface area (Å²) in [5.41, 5.74) is 1.52. The van der Waals surface area contributed by atoms with Crippen molar-refractivity contribution >= 4 is 39.9 Å². The van der Waals surface area contributed by atoms with Crippen LogP contribution in [-0.2, 0) is 11.2 Å². The van der Waals surface area contributed by atoms with Crippen LogP contribution < -0.4 is 5.32 Å². The van der Waals surface area contributed by atoms with E-state index in [1.54, 1.807) is 36.7 Å². The number of carbonyl (C=O) groups is 2. The van der Waals surface area contributed by atoms with E-state index in [9.17, 15) is 9.59 Å². The lowest BCUT2D eigenvalue weighted by Gasteiger charge is -2.09. The highest BCUT2D eigenvalue weighted by molar-refractivity contribution is 6.30. The second-order valence-corrected chi connectivity index (χ2v) is 5.72. The molecule has 0 aliphatic rings. The van der Waals surface area contributed by atoms with E-state index in [1.165, 1.54) is 12.1 Å². The number of carboxylic acid groups (broad SMARTS) is 1. The van der Waals surface area contributed by atoms with E-state index in [0.29, 0.717) is 16.1 Å². The predicted octanol–water partition coefficient (Wildman–Crippen LogP) is 3.77. The Bertz CT molecular complexity index is 940. The second kappa shape index (κ2) is 6.68. The van der Waals surface area contributed by atoms with Crippen LogP contribution >= 0.6 is 11.6 Å². The third kappa shape index (κ3) is 3.52. The summed E-state index contributed by atoms with van der Waals surface area (Å²) in [6.45, 7) is 0. The number of fused-ring (bicyclic) bond motifs is 1. The van der Waals surface area contributed by atoms with Crippen LogP contribution in [0.4, 0.5) is 5.69 Å². The summed E-state index contributed by atoms with van der Waals surface area (Å²) in [7, 11) is 0. The number of aromatic carboxylic acids is 1. The summed E-state index contributed by atoms with van der Waals surface area (Å²) in [5.74, 6) is -1.21. The molecule has 0 saturated heterocycles. The van der Waals surface area contributed by atoms with Gasteiger partial charge in [-0.15, -0.1) is 0 Å². The fraction of sp³-hybridized carbons (Fsp3) is 0.0556. The van der Waals surface area contributed by atoms with Gasteiger partial charge in [0, 0.05) is 22.0 Å². The lowest BCUT2D eigenvalue weighted by molar-refractivity contribution is -0.115. The lowest BCUT2D eigenvalue weighted by atomic mass is 10.1. The first-order chi connectivity index (χ1) is 11.5. The van der Waals surface area contributed by atoms with Gasteiger partial charge in [-0.05, 0) is 29.8 Å². The van der Waals surface area contributed by atoms with E-state index < -0.39 is 5.97 Å². The molecule has 0 bridgehead atoms. The lowest BCUT2D eigenvalue weighted by Crippen LogP contribution is -2.14. The molecule has 1 aromatic heterocycles. The summed E-state index contributed by atoms with van der Waals surface area (Å²) < 4.78 is 0. The first-order valence-corrected chi connectivity index (χ1v) is 7.56. The Morgan fingerprint density at radius 1 is 1.12 bits per heavy atom. The maximum absolute atomic E-state index is 12.2. The highest BCUT2D eigenvalue weighted by Gasteiger charge is 2.10. The van der Waals surface area contributed by atoms with Gasteiger partial charge in [-0.3, -0.25) is 9.78 Å². The minimum Gasteiger partial charge on any atom is -0.478 e. The van der Waals surface area contributed by atoms with Gasteiger partial charge in [0.2, 0.25) is 5.91 Å². The van der Waals surface area contributed by atoms with E-state index in [2.05, 4.69) is 10.3 Å². The number of hydrogen-bond donors (Lipinski definition) is 2. The molecule has 120 valence electrons. The molecule has 2 N–H and O–H groups in total. The number of nitrogens with one attached hydrogen (secondary N) is 1. The van der Waals surface area contributed by atoms with Crippen LogP contribution in [-0.4, -0.2) is 22.0 Å². The molecule has 0 saturated carbocycles. The van der Waals surface area contributed by atoms with Crippen LogP contribution in [0.2, 0.25) is 5.02 Å². The molecular weight excluding hydrogens is 328 g/mol. The minimum absolute atomic E-state index is 0.173. The van der Waals surface area contributed by atoms with Crippen LogP contribution in [0.3, 0.4) is 0 Å². The van der Waals surface area contributed by atoms with Gasteiger partial charge in [0.15, 0.2) is 0 Å². The molecule has 24 heavy (non-hydrogen) atoms. The summed E-state index contributed by atoms with van der Waals surface area (Å²) in [6, 6.07) is 11.8. The molecule has 0 aliphatic heterocycles. The maximum atomic E-state index is 12.2. The predicted molar refractivity (Wildman–Crippen MR) is 92.5 cm³/mol. The first-order valence-electron chi connectivity index (χ1n) is 7.18. The normalized spacial score (nSPS) is 10.5. The third-order valence-electron chi connectivity index (χ3n) is 3.53. The van der Waals surface area contributed by atoms with Crippen molar-refractivity contribution in [3.05, 3.63) is 71.0 Å². The van der Waals surface area contributed by atoms with Gasteiger partial charge in [0.25, 0.3) is 0 Å². The number of amides is 1. The first kappa shape index (κ1) is 16.0. The van der Waals surface area contributed by atoms with E-state index in [-0.39, 0.29) is 17.9 Å². The van der Waals surface area contributed by atoms with Gasteiger partial charge < -0.3 is 10.4 Å². The molecule has 6 heteroatoms. The van der Waals surface area contributed by atoms with Crippen LogP contribution in [0.1, 0.15) is 15.9 Å². The topological polar surface area (TPSA) is 79.3 Å². The molecule has 3 rings (SSSR count). The zero-order valence-electron chi connectivity index (χ0n) is 12.5. The largest absolute Gasteiger partial charge is 0.478 e. The number of hydrogen-bond acceptors (Lipinski definition) is 3. The van der Waals surface area contributed by atoms with Crippen LogP contribution in [0.5, 0.6) is 0 Å². The Labute approximate surface area is 142 Å². The number of aromatic nitrogens is 1. The zero-order valence-corrected chi connectivity index (χ0v) is 13.2. The maximum Gasteiger partial charge on any atom is 0.335 e. The van der Waals surface area contributed by atoms with Crippen molar-refractivity contribution in [3.8, 4) is 0 Å². The van der Waals surface area contributed by atoms with Gasteiger partial charge in [-0.2, -0.15) is 0 Å². The molecule has 0 aliphatic carbocycles. The van der Waals surface area contributed by atoms with Crippen molar-refractivity contribution in [2.24, 2.45) is 0 Å². The van der Waals surface area contributed by atoms with Gasteiger partial charge >= 0.3 is 5.97 Å². The van der Waals surface area contributed by atoms with Gasteiger partial charge in [0.05, 0.1) is 23.9 Å². The Kier molecular flexibility index (Phi) is 4.44. The molecule has 2 aromatic carbocycles. The quantitative estimate of drug-likeness (QED) is 0.757. The Hall–Kier alpha value is -2.92. The van der Waals surface area contributed by atoms with Crippen LogP contribution in [0, 0.1) is 0 Å². The Morgan fingerprint density at radius 3 is 2.71 bits per heavy atom. The number of benzene rings is 2. The molecule has 1 amide bonds. The van der Waals surface area contributed by atoms with Crippen molar-refractivity contribution in [1.29, 1.82) is 0 Å². The second-order valence-electron chi connectivity index (χ2n) is 5.28. The molecule has 1 heterocycles. The number of nitrogens with zero attached hydrogens (tertiary/aromatic N) is 1. The highest BCUT2D eigenvalue weighted by Crippen LogP contribution is 2.23. The number of rotatable bonds is 4. The molecule has 0 atom stereocenters. The highest BCUT2D eigenvalue weighted by atomic mass is 35.5. The fourth-order valence-electron chi connectivity index (χ4n) is 2.44. The monoisotopic (exact) mass is 340 g/mol. The average molecular weight is 341 g/mol. The summed E-state index contributed by atoms with van der Waals surface area (Å²) in [4.78, 5) is 27.3. The fourth-order valence-corrected chi connectivity index (χ4v) is 2.65. The Balaban J connectivity index is 1.84. The van der Waals surface area contributed by atoms with E-state index in [0.717, 1.165) is 10.9 Å². The van der Waals surface area contributed by atoms with Gasteiger partial charge in [0.1, 0.15) is 0 Å². The molecule has 0 unspecified atom stereocenters. The molecular formula is C18H13ClN2O3. The van der Waals surface area contributed by atoms with Crippen molar-refractivity contribution in [1.82, 2.24) is 4.98 Å². The summed E-state index contributed by atoms with van der Waals surface area (Å²) >= 11 is 5.92. The number of carboxylic acids is 1. The summed E-state index contributed by atoms with van der Waals surface area (Å²) in [6.07, 6.45) is 3.29. The number of carbonyl (C=O) groups excluding carboxylic acids is 1. The average Bonchev–Trinajstić information content (AvgIpc) is 2.54. The smallest absolute Gasteiger partial charge is 0.335 e. The van der Waals surface area contributed by atoms with Crippen molar-refractivity contribution in [2.75, 3.05) is 5.32 Å². The zero-order chi connectivity index (χ0) is 17.1. The minimum atomic E-state index is -1.01. The SMILES string of the molecule is O=C(Cc1cccc(Cl)c1)Nc1cncc2cc(C(=O)O)ccc12. The molecule has 0 spiro atoms. The molecule has 0 radical (unpaired) electrons. The number of anilines is 1. The van der Waals surface area contributed by atoms with Crippen LogP contribution in [0.25, 0.3) is 10.8 Å². The number of pyridine rings is 1. The van der Waals surface area contributed by atoms with Crippen LogP contribution in [0.15, 0.2) is 54.9 Å². The van der Waals surface area contributed by atoms with Gasteiger partial charge in [-0.25, -0.2) is 4.79 Å². The molecule has 3 aromatic rings. The standard InChI is InChI=1S/C18H13ClN2O3/c19-14-3-1-2-11(6-14)7-17(22)21-16-10-20-9-13-8-12(18(23)24)4-5-15(13)16/h1-6,8-10H,7H2,(H,21,22)(H,23,24). The molecule has 5 nitrogen and oxygen atoms in total. The number of halogens is 1.